The Bertz CT molecular complexity index is 687. The number of nitrogens with two attached hydrogens (primary N) is 2. The first-order valence-corrected chi connectivity index (χ1v) is 5.06. The predicted molar refractivity (Wildman–Crippen MR) is 65.9 cm³/mol. The predicted octanol–water partition coefficient (Wildman–Crippen LogP) is 1.18. The molecule has 0 unspecified atom stereocenters. The summed E-state index contributed by atoms with van der Waals surface area (Å²) in [6, 6.07) is 5.81. The van der Waals surface area contributed by atoms with E-state index in [1.807, 2.05) is 18.2 Å². The zero-order chi connectivity index (χ0) is 11.8. The summed E-state index contributed by atoms with van der Waals surface area (Å²) in [5.74, 6) is 0.539. The van der Waals surface area contributed by atoms with Crippen molar-refractivity contribution in [3.05, 3.63) is 30.6 Å². The molecule has 0 aliphatic rings. The highest BCUT2D eigenvalue weighted by Crippen LogP contribution is 2.30. The monoisotopic (exact) mass is 226 g/mol. The van der Waals surface area contributed by atoms with E-state index in [9.17, 15) is 0 Å². The van der Waals surface area contributed by atoms with Gasteiger partial charge >= 0.3 is 0 Å². The number of rotatable bonds is 1. The van der Waals surface area contributed by atoms with E-state index >= 15 is 0 Å². The van der Waals surface area contributed by atoms with Gasteiger partial charge in [0.05, 0.1) is 11.7 Å². The average molecular weight is 226 g/mol. The molecule has 0 amide bonds. The molecule has 0 aliphatic carbocycles. The van der Waals surface area contributed by atoms with Crippen molar-refractivity contribution in [2.45, 2.75) is 0 Å². The maximum absolute atomic E-state index is 5.85. The Morgan fingerprint density at radius 2 is 1.94 bits per heavy atom. The Morgan fingerprint density at radius 1 is 1.06 bits per heavy atom. The molecule has 0 spiro atoms. The van der Waals surface area contributed by atoms with Gasteiger partial charge in [0.2, 0.25) is 5.95 Å². The maximum Gasteiger partial charge on any atom is 0.221 e. The lowest BCUT2D eigenvalue weighted by Crippen LogP contribution is -2.01. The number of hydrogen-bond donors (Lipinski definition) is 3. The summed E-state index contributed by atoms with van der Waals surface area (Å²) in [4.78, 5) is 7.92. The lowest BCUT2D eigenvalue weighted by molar-refractivity contribution is 1.12. The first-order valence-electron chi connectivity index (χ1n) is 5.06. The molecule has 0 saturated carbocycles. The molecule has 6 nitrogen and oxygen atoms in total. The molecule has 0 fully saturated rings. The van der Waals surface area contributed by atoms with Gasteiger partial charge < -0.3 is 11.5 Å². The van der Waals surface area contributed by atoms with Gasteiger partial charge in [0.15, 0.2) is 0 Å². The van der Waals surface area contributed by atoms with E-state index in [4.69, 9.17) is 11.5 Å². The fraction of sp³-hybridized carbons (Fsp3) is 0. The fourth-order valence-electron chi connectivity index (χ4n) is 1.82. The van der Waals surface area contributed by atoms with E-state index < -0.39 is 0 Å². The van der Waals surface area contributed by atoms with Gasteiger partial charge in [-0.05, 0) is 11.6 Å². The third-order valence-corrected chi connectivity index (χ3v) is 2.61. The van der Waals surface area contributed by atoms with Crippen LogP contribution in [0.3, 0.4) is 0 Å². The Kier molecular flexibility index (Phi) is 1.94. The van der Waals surface area contributed by atoms with Crippen molar-refractivity contribution in [1.82, 2.24) is 20.2 Å². The molecule has 0 bridgehead atoms. The zero-order valence-electron chi connectivity index (χ0n) is 8.88. The van der Waals surface area contributed by atoms with E-state index in [1.165, 1.54) is 0 Å². The van der Waals surface area contributed by atoms with Crippen molar-refractivity contribution in [1.29, 1.82) is 0 Å². The van der Waals surface area contributed by atoms with Crippen LogP contribution in [0, 0.1) is 0 Å². The molecule has 2 heterocycles. The van der Waals surface area contributed by atoms with Crippen LogP contribution < -0.4 is 11.5 Å². The van der Waals surface area contributed by atoms with Crippen LogP contribution in [0.25, 0.3) is 22.0 Å². The lowest BCUT2D eigenvalue weighted by Gasteiger charge is -2.05. The molecule has 2 aromatic heterocycles. The second-order valence-corrected chi connectivity index (χ2v) is 3.66. The van der Waals surface area contributed by atoms with Crippen LogP contribution in [0.15, 0.2) is 30.6 Å². The van der Waals surface area contributed by atoms with Crippen molar-refractivity contribution in [2.24, 2.45) is 0 Å². The highest BCUT2D eigenvalue weighted by molar-refractivity contribution is 5.96. The van der Waals surface area contributed by atoms with Crippen molar-refractivity contribution in [3.8, 4) is 11.1 Å². The zero-order valence-corrected chi connectivity index (χ0v) is 8.88. The van der Waals surface area contributed by atoms with Gasteiger partial charge in [0.1, 0.15) is 5.82 Å². The van der Waals surface area contributed by atoms with Gasteiger partial charge in [-0.25, -0.2) is 4.98 Å². The molecular formula is C11H10N6. The molecule has 17 heavy (non-hydrogen) atoms. The van der Waals surface area contributed by atoms with Crippen LogP contribution >= 0.6 is 0 Å². The van der Waals surface area contributed by atoms with E-state index in [-0.39, 0.29) is 5.95 Å². The molecule has 3 aromatic rings. The third kappa shape index (κ3) is 1.46. The minimum Gasteiger partial charge on any atom is -0.383 e. The first kappa shape index (κ1) is 9.59. The second kappa shape index (κ2) is 3.44. The quantitative estimate of drug-likeness (QED) is 0.577. The van der Waals surface area contributed by atoms with E-state index in [0.29, 0.717) is 5.82 Å². The highest BCUT2D eigenvalue weighted by Gasteiger charge is 2.09. The molecule has 0 aliphatic heterocycles. The van der Waals surface area contributed by atoms with Crippen molar-refractivity contribution >= 4 is 22.7 Å². The smallest absolute Gasteiger partial charge is 0.221 e. The summed E-state index contributed by atoms with van der Waals surface area (Å²) in [7, 11) is 0. The molecule has 1 aromatic carbocycles. The molecular weight excluding hydrogens is 216 g/mol. The highest BCUT2D eigenvalue weighted by atomic mass is 15.1. The summed E-state index contributed by atoms with van der Waals surface area (Å²) in [6.45, 7) is 0. The van der Waals surface area contributed by atoms with Crippen molar-refractivity contribution < 1.29 is 0 Å². The maximum atomic E-state index is 5.85. The number of aromatic nitrogens is 4. The number of fused-ring (bicyclic) bond motifs is 1. The number of aromatic amines is 1. The summed E-state index contributed by atoms with van der Waals surface area (Å²) in [6.07, 6.45) is 3.37. The third-order valence-electron chi connectivity index (χ3n) is 2.61. The minimum absolute atomic E-state index is 0.172. The van der Waals surface area contributed by atoms with Crippen molar-refractivity contribution in [3.63, 3.8) is 0 Å². The van der Waals surface area contributed by atoms with E-state index in [1.54, 1.807) is 12.4 Å². The lowest BCUT2D eigenvalue weighted by atomic mass is 10.0. The summed E-state index contributed by atoms with van der Waals surface area (Å²) >= 11 is 0. The van der Waals surface area contributed by atoms with Gasteiger partial charge in [0.25, 0.3) is 0 Å². The van der Waals surface area contributed by atoms with Gasteiger partial charge in [-0.3, -0.25) is 5.10 Å². The Labute approximate surface area is 96.7 Å². The van der Waals surface area contributed by atoms with Crippen molar-refractivity contribution in [2.75, 3.05) is 11.5 Å². The minimum atomic E-state index is 0.172. The standard InChI is InChI=1S/C11H10N6/c12-10-8(4-14-11(13)16-10)6-2-1-3-9-7(6)5-15-17-9/h1-5H,(H,15,17)(H4,12,13,14,16). The summed E-state index contributed by atoms with van der Waals surface area (Å²) in [5.41, 5.74) is 14.0. The van der Waals surface area contributed by atoms with E-state index in [2.05, 4.69) is 20.2 Å². The number of H-pyrrole nitrogens is 1. The molecule has 5 N–H and O–H groups in total. The topological polar surface area (TPSA) is 106 Å². The van der Waals surface area contributed by atoms with Gasteiger partial charge in [-0.2, -0.15) is 10.1 Å². The number of hydrogen-bond acceptors (Lipinski definition) is 5. The van der Waals surface area contributed by atoms with Gasteiger partial charge in [0, 0.05) is 17.1 Å². The van der Waals surface area contributed by atoms with Crippen LogP contribution in [-0.4, -0.2) is 20.2 Å². The average Bonchev–Trinajstić information content (AvgIpc) is 2.77. The van der Waals surface area contributed by atoms with Gasteiger partial charge in [-0.15, -0.1) is 0 Å². The molecule has 0 radical (unpaired) electrons. The fourth-order valence-corrected chi connectivity index (χ4v) is 1.82. The Hall–Kier alpha value is -2.63. The first-order chi connectivity index (χ1) is 8.25. The van der Waals surface area contributed by atoms with Crippen LogP contribution in [0.4, 0.5) is 11.8 Å². The molecule has 6 heteroatoms. The SMILES string of the molecule is Nc1ncc(-c2cccc3[nH]ncc23)c(N)n1. The van der Waals surface area contributed by atoms with Crippen LogP contribution in [0.1, 0.15) is 0 Å². The normalized spacial score (nSPS) is 10.8. The molecule has 0 atom stereocenters. The Morgan fingerprint density at radius 3 is 2.76 bits per heavy atom. The largest absolute Gasteiger partial charge is 0.383 e. The summed E-state index contributed by atoms with van der Waals surface area (Å²) in [5, 5.41) is 7.89. The van der Waals surface area contributed by atoms with Gasteiger partial charge in [-0.1, -0.05) is 12.1 Å². The Balaban J connectivity index is 2.30. The van der Waals surface area contributed by atoms with Crippen LogP contribution in [0.5, 0.6) is 0 Å². The number of anilines is 2. The number of nitrogen functional groups attached to an aromatic ring is 2. The second-order valence-electron chi connectivity index (χ2n) is 3.66. The molecule has 84 valence electrons. The summed E-state index contributed by atoms with van der Waals surface area (Å²) < 4.78 is 0. The van der Waals surface area contributed by atoms with E-state index in [0.717, 1.165) is 22.0 Å². The van der Waals surface area contributed by atoms with Crippen LogP contribution in [-0.2, 0) is 0 Å². The molecule has 3 rings (SSSR count). The van der Waals surface area contributed by atoms with Crippen LogP contribution in [0.2, 0.25) is 0 Å². The number of nitrogens with zero attached hydrogens (tertiary/aromatic N) is 3. The number of nitrogens with one attached hydrogen (secondary N) is 1. The number of benzene rings is 1. The molecule has 0 saturated heterocycles.